The number of rotatable bonds is 7. The van der Waals surface area contributed by atoms with E-state index in [1.807, 2.05) is 31.2 Å². The van der Waals surface area contributed by atoms with Crippen LogP contribution in [0.15, 0.2) is 97.1 Å². The maximum Gasteiger partial charge on any atom is 0.335 e. The van der Waals surface area contributed by atoms with Gasteiger partial charge in [0.05, 0.1) is 27.6 Å². The molecule has 0 radical (unpaired) electrons. The first kappa shape index (κ1) is 28.2. The van der Waals surface area contributed by atoms with Gasteiger partial charge in [-0.05, 0) is 88.4 Å². The van der Waals surface area contributed by atoms with E-state index >= 15 is 0 Å². The Morgan fingerprint density at radius 2 is 1.56 bits per heavy atom. The van der Waals surface area contributed by atoms with Gasteiger partial charge in [-0.3, -0.25) is 4.79 Å². The Balaban J connectivity index is 1.45. The predicted molar refractivity (Wildman–Crippen MR) is 166 cm³/mol. The molecule has 6 rings (SSSR count). The number of carboxylic acids is 1. The molecule has 6 aromatic rings. The fourth-order valence-corrected chi connectivity index (χ4v) is 6.28. The van der Waals surface area contributed by atoms with E-state index in [0.29, 0.717) is 26.9 Å². The first-order chi connectivity index (χ1) is 20.7. The third-order valence-electron chi connectivity index (χ3n) is 7.77. The van der Waals surface area contributed by atoms with Crippen LogP contribution >= 0.6 is 11.5 Å². The molecule has 0 aliphatic heterocycles. The van der Waals surface area contributed by atoms with E-state index in [1.54, 1.807) is 31.2 Å². The highest BCUT2D eigenvalue weighted by molar-refractivity contribution is 7.13. The van der Waals surface area contributed by atoms with Gasteiger partial charge in [0.15, 0.2) is 0 Å². The average molecular weight is 593 g/mol. The number of amides is 1. The molecule has 214 valence electrons. The number of benzene rings is 5. The monoisotopic (exact) mass is 592 g/mol. The minimum Gasteiger partial charge on any atom is -0.478 e. The molecule has 0 saturated heterocycles. The molecule has 2 N–H and O–H groups in total. The van der Waals surface area contributed by atoms with Crippen molar-refractivity contribution >= 4 is 44.3 Å². The fourth-order valence-electron chi connectivity index (χ4n) is 5.35. The molecule has 5 aromatic carbocycles. The lowest BCUT2D eigenvalue weighted by molar-refractivity contribution is 0.0696. The van der Waals surface area contributed by atoms with Gasteiger partial charge < -0.3 is 10.4 Å². The average Bonchev–Trinajstić information content (AvgIpc) is 3.45. The summed E-state index contributed by atoms with van der Waals surface area (Å²) in [6.45, 7) is 3.83. The van der Waals surface area contributed by atoms with E-state index in [4.69, 9.17) is 4.37 Å². The van der Waals surface area contributed by atoms with E-state index in [2.05, 4.69) is 23.5 Å². The van der Waals surface area contributed by atoms with Gasteiger partial charge in [-0.1, -0.05) is 61.5 Å². The largest absolute Gasteiger partial charge is 0.478 e. The second kappa shape index (κ2) is 11.4. The van der Waals surface area contributed by atoms with Crippen molar-refractivity contribution in [3.8, 4) is 11.1 Å². The zero-order valence-electron chi connectivity index (χ0n) is 23.3. The zero-order chi connectivity index (χ0) is 30.2. The van der Waals surface area contributed by atoms with Crippen LogP contribution in [0.4, 0.5) is 8.78 Å². The molecule has 43 heavy (non-hydrogen) atoms. The molecule has 1 heterocycles. The van der Waals surface area contributed by atoms with Gasteiger partial charge in [0, 0.05) is 16.9 Å². The maximum atomic E-state index is 14.9. The first-order valence-corrected chi connectivity index (χ1v) is 14.5. The lowest BCUT2D eigenvalue weighted by Gasteiger charge is -2.17. The summed E-state index contributed by atoms with van der Waals surface area (Å²) in [6.07, 6.45) is 0. The Hall–Kier alpha value is -4.95. The van der Waals surface area contributed by atoms with Gasteiger partial charge in [-0.15, -0.1) is 0 Å². The Labute approximate surface area is 250 Å². The highest BCUT2D eigenvalue weighted by Gasteiger charge is 2.24. The molecule has 1 amide bonds. The summed E-state index contributed by atoms with van der Waals surface area (Å²) in [6, 6.07) is 26.7. The Morgan fingerprint density at radius 1 is 0.837 bits per heavy atom. The van der Waals surface area contributed by atoms with Crippen LogP contribution in [0, 0.1) is 11.6 Å². The number of carbonyl (C=O) groups is 2. The number of fused-ring (bicyclic) bond motifs is 2. The molecular formula is C35H26F2N2O3S. The molecular weight excluding hydrogens is 566 g/mol. The van der Waals surface area contributed by atoms with Crippen molar-refractivity contribution in [2.45, 2.75) is 25.8 Å². The molecule has 0 fully saturated rings. The SMILES string of the molecule is C[C@H](c1ccc2ccccc2c1)c1nsc2cc(-c3cc(F)ccc3F)cc(C(=O)N[C@@H](C)c3ccc(C(=O)O)cc3)c12. The molecule has 0 aliphatic rings. The number of hydrogen-bond acceptors (Lipinski definition) is 4. The summed E-state index contributed by atoms with van der Waals surface area (Å²) in [5, 5.41) is 15.1. The minimum absolute atomic E-state index is 0.0470. The van der Waals surface area contributed by atoms with E-state index in [1.165, 1.54) is 23.7 Å². The second-order valence-corrected chi connectivity index (χ2v) is 11.3. The lowest BCUT2D eigenvalue weighted by Crippen LogP contribution is -2.27. The van der Waals surface area contributed by atoms with Gasteiger partial charge >= 0.3 is 5.97 Å². The van der Waals surface area contributed by atoms with Crippen LogP contribution in [-0.2, 0) is 0 Å². The number of nitrogens with one attached hydrogen (secondary N) is 1. The van der Waals surface area contributed by atoms with Crippen LogP contribution in [0.2, 0.25) is 0 Å². The summed E-state index contributed by atoms with van der Waals surface area (Å²) in [7, 11) is 0. The van der Waals surface area contributed by atoms with Crippen molar-refractivity contribution in [3.63, 3.8) is 0 Å². The highest BCUT2D eigenvalue weighted by atomic mass is 32.1. The van der Waals surface area contributed by atoms with Gasteiger partial charge in [-0.25, -0.2) is 13.6 Å². The van der Waals surface area contributed by atoms with Gasteiger partial charge in [0.1, 0.15) is 11.6 Å². The summed E-state index contributed by atoms with van der Waals surface area (Å²) < 4.78 is 34.5. The Kier molecular flexibility index (Phi) is 7.46. The van der Waals surface area contributed by atoms with Crippen LogP contribution in [0.1, 0.15) is 63.3 Å². The number of carboxylic acid groups (broad SMARTS) is 1. The zero-order valence-corrected chi connectivity index (χ0v) is 24.1. The van der Waals surface area contributed by atoms with Crippen molar-refractivity contribution in [2.75, 3.05) is 0 Å². The third-order valence-corrected chi connectivity index (χ3v) is 8.58. The Morgan fingerprint density at radius 3 is 2.30 bits per heavy atom. The number of nitrogens with zero attached hydrogens (tertiary/aromatic N) is 1. The van der Waals surface area contributed by atoms with Crippen LogP contribution in [0.5, 0.6) is 0 Å². The van der Waals surface area contributed by atoms with Crippen molar-refractivity contribution in [3.05, 3.63) is 137 Å². The number of aromatic nitrogens is 1. The smallest absolute Gasteiger partial charge is 0.335 e. The van der Waals surface area contributed by atoms with E-state index in [0.717, 1.165) is 40.1 Å². The van der Waals surface area contributed by atoms with Crippen molar-refractivity contribution < 1.29 is 23.5 Å². The Bertz CT molecular complexity index is 2020. The fraction of sp³-hybridized carbons (Fsp3) is 0.114. The molecule has 0 bridgehead atoms. The maximum absolute atomic E-state index is 14.9. The van der Waals surface area contributed by atoms with Crippen LogP contribution < -0.4 is 5.32 Å². The number of carbonyl (C=O) groups excluding carboxylic acids is 1. The van der Waals surface area contributed by atoms with Crippen molar-refractivity contribution in [1.29, 1.82) is 0 Å². The normalized spacial score (nSPS) is 12.7. The van der Waals surface area contributed by atoms with Crippen LogP contribution in [-0.4, -0.2) is 21.4 Å². The van der Waals surface area contributed by atoms with E-state index in [-0.39, 0.29) is 17.0 Å². The molecule has 0 aliphatic carbocycles. The highest BCUT2D eigenvalue weighted by Crippen LogP contribution is 2.39. The summed E-state index contributed by atoms with van der Waals surface area (Å²) in [5.74, 6) is -2.80. The molecule has 0 spiro atoms. The van der Waals surface area contributed by atoms with Gasteiger partial charge in [-0.2, -0.15) is 4.37 Å². The van der Waals surface area contributed by atoms with Crippen LogP contribution in [0.3, 0.4) is 0 Å². The molecule has 2 atom stereocenters. The topological polar surface area (TPSA) is 79.3 Å². The number of aromatic carboxylic acids is 1. The molecule has 0 unspecified atom stereocenters. The summed E-state index contributed by atoms with van der Waals surface area (Å²) in [4.78, 5) is 25.2. The third kappa shape index (κ3) is 5.49. The van der Waals surface area contributed by atoms with Gasteiger partial charge in [0.25, 0.3) is 5.91 Å². The standard InChI is InChI=1S/C35H26F2N2O3S/c1-19(24-12-9-22-5-3-4-6-25(22)15-24)33-32-29(34(40)38-20(2)21-7-10-23(11-8-21)35(41)42)16-26(17-31(32)43-39-33)28-18-27(36)13-14-30(28)37/h3-20H,1-2H3,(H,38,40)(H,41,42)/t19-,20+/m1/s1. The molecule has 0 saturated carbocycles. The first-order valence-electron chi connectivity index (χ1n) is 13.7. The lowest BCUT2D eigenvalue weighted by atomic mass is 9.90. The summed E-state index contributed by atoms with van der Waals surface area (Å²) >= 11 is 1.21. The second-order valence-electron chi connectivity index (χ2n) is 10.5. The van der Waals surface area contributed by atoms with Gasteiger partial charge in [0.2, 0.25) is 0 Å². The molecule has 8 heteroatoms. The van der Waals surface area contributed by atoms with E-state index in [9.17, 15) is 23.5 Å². The van der Waals surface area contributed by atoms with Crippen molar-refractivity contribution in [2.24, 2.45) is 0 Å². The van der Waals surface area contributed by atoms with E-state index < -0.39 is 29.6 Å². The minimum atomic E-state index is -1.04. The van der Waals surface area contributed by atoms with Crippen molar-refractivity contribution in [1.82, 2.24) is 9.69 Å². The molecule has 5 nitrogen and oxygen atoms in total. The quantitative estimate of drug-likeness (QED) is 0.194. The van der Waals surface area contributed by atoms with Crippen LogP contribution in [0.25, 0.3) is 32.0 Å². The number of halogens is 2. The molecule has 1 aromatic heterocycles. The summed E-state index contributed by atoms with van der Waals surface area (Å²) in [5.41, 5.74) is 3.31. The predicted octanol–water partition coefficient (Wildman–Crippen LogP) is 8.74. The number of hydrogen-bond donors (Lipinski definition) is 2.